The summed E-state index contributed by atoms with van der Waals surface area (Å²) in [6, 6.07) is 6.24. The Kier molecular flexibility index (Phi) is 4.60. The van der Waals surface area contributed by atoms with Gasteiger partial charge in [-0.1, -0.05) is 17.7 Å². The Bertz CT molecular complexity index is 1630. The number of hydrogen-bond acceptors (Lipinski definition) is 8. The third-order valence-corrected chi connectivity index (χ3v) is 8.36. The molecule has 2 heterocycles. The Morgan fingerprint density at radius 1 is 1.09 bits per heavy atom. The lowest BCUT2D eigenvalue weighted by Gasteiger charge is -2.27. The van der Waals surface area contributed by atoms with Crippen LogP contribution in [0.3, 0.4) is 0 Å². The Hall–Kier alpha value is -3.92. The van der Waals surface area contributed by atoms with Gasteiger partial charge in [-0.25, -0.2) is 0 Å². The predicted octanol–water partition coefficient (Wildman–Crippen LogP) is 3.55. The summed E-state index contributed by atoms with van der Waals surface area (Å²) in [5.41, 5.74) is -0.479. The lowest BCUT2D eigenvalue weighted by molar-refractivity contribution is 0.0905. The van der Waals surface area contributed by atoms with Crippen molar-refractivity contribution in [3.8, 4) is 17.2 Å². The molecule has 1 aliphatic carbocycles. The minimum atomic E-state index is -4.15. The Morgan fingerprint density at radius 2 is 1.71 bits per heavy atom. The van der Waals surface area contributed by atoms with E-state index in [0.29, 0.717) is 0 Å². The number of phenolic OH excluding ortho intramolecular Hbond substituents is 2. The lowest BCUT2D eigenvalue weighted by Crippen LogP contribution is -2.36. The van der Waals surface area contributed by atoms with E-state index in [1.165, 1.54) is 45.9 Å². The van der Waals surface area contributed by atoms with Crippen LogP contribution in [-0.4, -0.2) is 39.4 Å². The van der Waals surface area contributed by atoms with Crippen molar-refractivity contribution >= 4 is 27.7 Å². The first-order valence-corrected chi connectivity index (χ1v) is 12.2. The Balaban J connectivity index is 1.78. The number of ketones is 2. The number of aromatic nitrogens is 2. The summed E-state index contributed by atoms with van der Waals surface area (Å²) in [5.74, 6) is -1.97. The minimum absolute atomic E-state index is 0.000248. The highest BCUT2D eigenvalue weighted by atomic mass is 32.2. The maximum atomic E-state index is 13.9. The van der Waals surface area contributed by atoms with Gasteiger partial charge in [-0.3, -0.25) is 9.59 Å². The van der Waals surface area contributed by atoms with Crippen LogP contribution >= 0.6 is 0 Å². The zero-order valence-electron chi connectivity index (χ0n) is 19.6. The molecule has 0 fully saturated rings. The quantitative estimate of drug-likeness (QED) is 0.528. The molecule has 0 saturated heterocycles. The van der Waals surface area contributed by atoms with Crippen molar-refractivity contribution in [1.29, 1.82) is 0 Å². The monoisotopic (exact) mass is 494 g/mol. The fourth-order valence-corrected chi connectivity index (χ4v) is 6.06. The van der Waals surface area contributed by atoms with E-state index in [9.17, 15) is 28.2 Å². The van der Waals surface area contributed by atoms with Crippen molar-refractivity contribution in [3.05, 3.63) is 69.2 Å². The molecule has 2 N–H and O–H groups in total. The molecular formula is C25H22N2O7S. The number of carbonyl (C=O) groups is 2. The molecular weight excluding hydrogens is 472 g/mol. The summed E-state index contributed by atoms with van der Waals surface area (Å²) in [7, 11) is -4.15. The van der Waals surface area contributed by atoms with Crippen LogP contribution in [0, 0.1) is 20.8 Å². The van der Waals surface area contributed by atoms with Crippen LogP contribution in [-0.2, 0) is 15.4 Å². The van der Waals surface area contributed by atoms with Gasteiger partial charge in [0.15, 0.2) is 11.6 Å². The molecule has 1 atom stereocenters. The number of ether oxygens (including phenoxy) is 1. The summed E-state index contributed by atoms with van der Waals surface area (Å²) >= 11 is 0. The largest absolute Gasteiger partial charge is 0.507 e. The zero-order chi connectivity index (χ0) is 25.6. The number of aromatic hydroxyl groups is 2. The molecule has 0 bridgehead atoms. The molecule has 0 saturated carbocycles. The van der Waals surface area contributed by atoms with E-state index in [0.717, 1.165) is 9.65 Å². The van der Waals surface area contributed by atoms with Gasteiger partial charge in [0, 0.05) is 11.6 Å². The van der Waals surface area contributed by atoms with Crippen molar-refractivity contribution in [2.24, 2.45) is 0 Å². The maximum absolute atomic E-state index is 13.9. The highest BCUT2D eigenvalue weighted by molar-refractivity contribution is 7.89. The van der Waals surface area contributed by atoms with Gasteiger partial charge in [-0.15, -0.1) is 0 Å². The van der Waals surface area contributed by atoms with Crippen molar-refractivity contribution in [1.82, 2.24) is 9.19 Å². The first-order valence-electron chi connectivity index (χ1n) is 10.8. The molecule has 35 heavy (non-hydrogen) atoms. The van der Waals surface area contributed by atoms with E-state index in [2.05, 4.69) is 5.10 Å². The van der Waals surface area contributed by atoms with Crippen LogP contribution in [0.1, 0.15) is 62.6 Å². The van der Waals surface area contributed by atoms with Crippen LogP contribution in [0.5, 0.6) is 17.2 Å². The molecule has 2 aromatic carbocycles. The second-order valence-corrected chi connectivity index (χ2v) is 10.8. The molecule has 0 unspecified atom stereocenters. The number of hydrogen-bond donors (Lipinski definition) is 2. The van der Waals surface area contributed by atoms with E-state index in [1.807, 2.05) is 6.92 Å². The van der Waals surface area contributed by atoms with E-state index >= 15 is 0 Å². The fraction of sp³-hybridized carbons (Fsp3) is 0.240. The normalized spacial score (nSPS) is 18.4. The zero-order valence-corrected chi connectivity index (χ0v) is 20.4. The summed E-state index contributed by atoms with van der Waals surface area (Å²) in [6.45, 7) is 7.56. The summed E-state index contributed by atoms with van der Waals surface area (Å²) in [5, 5.41) is 25.6. The molecule has 10 heteroatoms. The van der Waals surface area contributed by atoms with Crippen molar-refractivity contribution in [3.63, 3.8) is 0 Å². The van der Waals surface area contributed by atoms with Crippen LogP contribution in [0.15, 0.2) is 34.9 Å². The summed E-state index contributed by atoms with van der Waals surface area (Å²) < 4.78 is 33.5. The molecule has 5 rings (SSSR count). The molecule has 1 aliphatic heterocycles. The second-order valence-electron chi connectivity index (χ2n) is 9.03. The van der Waals surface area contributed by atoms with Gasteiger partial charge in [0.25, 0.3) is 10.0 Å². The smallest absolute Gasteiger partial charge is 0.283 e. The highest BCUT2D eigenvalue weighted by Gasteiger charge is 2.55. The van der Waals surface area contributed by atoms with Gasteiger partial charge in [0.2, 0.25) is 0 Å². The van der Waals surface area contributed by atoms with E-state index in [-0.39, 0.29) is 55.8 Å². The SMILES string of the molecule is CC(=O)c1c(O)c(C)c(O)c2c1OC1=Cc3c(c(C)nn3S(=O)(=O)c3ccc(C)cc3)C(=O)[C@@]12C. The minimum Gasteiger partial charge on any atom is -0.507 e. The predicted molar refractivity (Wildman–Crippen MR) is 126 cm³/mol. The molecule has 9 nitrogen and oxygen atoms in total. The summed E-state index contributed by atoms with van der Waals surface area (Å²) in [6.07, 6.45) is 1.39. The highest BCUT2D eigenvalue weighted by Crippen LogP contribution is 2.58. The maximum Gasteiger partial charge on any atom is 0.283 e. The number of phenols is 2. The number of carbonyl (C=O) groups excluding carboxylic acids is 2. The van der Waals surface area contributed by atoms with Crippen LogP contribution in [0.4, 0.5) is 0 Å². The molecule has 180 valence electrons. The molecule has 0 radical (unpaired) electrons. The topological polar surface area (TPSA) is 136 Å². The first kappa shape index (κ1) is 22.9. The first-order chi connectivity index (χ1) is 16.3. The number of rotatable bonds is 3. The Morgan fingerprint density at radius 3 is 2.31 bits per heavy atom. The molecule has 2 aliphatic rings. The number of allylic oxidation sites excluding steroid dienone is 1. The Labute approximate surface area is 201 Å². The molecule has 1 aromatic heterocycles. The number of fused-ring (bicyclic) bond motifs is 4. The lowest BCUT2D eigenvalue weighted by atomic mass is 9.71. The van der Waals surface area contributed by atoms with E-state index in [4.69, 9.17) is 4.74 Å². The van der Waals surface area contributed by atoms with Crippen molar-refractivity contribution in [2.45, 2.75) is 44.9 Å². The average molecular weight is 495 g/mol. The van der Waals surface area contributed by atoms with Crippen molar-refractivity contribution in [2.75, 3.05) is 0 Å². The third-order valence-electron chi connectivity index (χ3n) is 6.76. The van der Waals surface area contributed by atoms with Gasteiger partial charge < -0.3 is 14.9 Å². The summed E-state index contributed by atoms with van der Waals surface area (Å²) in [4.78, 5) is 26.3. The van der Waals surface area contributed by atoms with Gasteiger partial charge in [0.1, 0.15) is 34.0 Å². The molecule has 3 aromatic rings. The van der Waals surface area contributed by atoms with E-state index in [1.54, 1.807) is 12.1 Å². The third kappa shape index (κ3) is 2.80. The van der Waals surface area contributed by atoms with Crippen molar-refractivity contribution < 1.29 is 33.0 Å². The molecule has 0 spiro atoms. The van der Waals surface area contributed by atoms with Crippen LogP contribution < -0.4 is 4.74 Å². The fourth-order valence-electron chi connectivity index (χ4n) is 4.75. The standard InChI is InChI=1S/C25H22N2O7S/c1-11-6-8-15(9-7-11)35(32,33)27-16-10-17-25(5,24(31)18(16)13(3)26-27)20-22(30)12(2)21(29)19(14(4)28)23(20)34-17/h6-10,29-30H,1-5H3/t25-/m0/s1. The van der Waals surface area contributed by atoms with Gasteiger partial charge in [0.05, 0.1) is 27.4 Å². The number of nitrogens with zero attached hydrogens (tertiary/aromatic N) is 2. The average Bonchev–Trinajstić information content (AvgIpc) is 3.28. The van der Waals surface area contributed by atoms with E-state index < -0.39 is 32.8 Å². The number of Topliss-reactive ketones (excluding diaryl/α,β-unsaturated/α-hetero) is 2. The van der Waals surface area contributed by atoms with Crippen LogP contribution in [0.25, 0.3) is 6.08 Å². The van der Waals surface area contributed by atoms with Gasteiger partial charge >= 0.3 is 0 Å². The van der Waals surface area contributed by atoms with Crippen LogP contribution in [0.2, 0.25) is 0 Å². The number of aryl methyl sites for hydroxylation is 2. The number of benzene rings is 2. The second kappa shape index (κ2) is 7.05. The molecule has 0 amide bonds. The van der Waals surface area contributed by atoms with Gasteiger partial charge in [-0.05, 0) is 46.8 Å². The van der Waals surface area contributed by atoms with Gasteiger partial charge in [-0.2, -0.15) is 17.6 Å².